The van der Waals surface area contributed by atoms with Crippen LogP contribution in [-0.2, 0) is 10.9 Å². The Balaban J connectivity index is 1.94. The number of hydrogen-bond donors (Lipinski definition) is 0. The number of halogens is 3. The minimum absolute atomic E-state index is 0.228. The first-order valence-electron chi connectivity index (χ1n) is 9.71. The topological polar surface area (TPSA) is 12.5 Å². The summed E-state index contributed by atoms with van der Waals surface area (Å²) in [5.41, 5.74) is -0.279. The lowest BCUT2D eigenvalue weighted by atomic mass is 9.66. The van der Waals surface area contributed by atoms with Crippen LogP contribution < -0.4 is 0 Å². The van der Waals surface area contributed by atoms with Crippen LogP contribution in [0.3, 0.4) is 0 Å². The third kappa shape index (κ3) is 2.43. The van der Waals surface area contributed by atoms with Crippen LogP contribution in [-0.4, -0.2) is 31.1 Å². The molecule has 0 heterocycles. The van der Waals surface area contributed by atoms with Gasteiger partial charge in [-0.05, 0) is 57.1 Å². The average molecular weight is 377 g/mol. The Morgan fingerprint density at radius 2 is 1.89 bits per heavy atom. The van der Waals surface area contributed by atoms with Gasteiger partial charge in [0.25, 0.3) is 0 Å². The molecule has 146 valence electrons. The Morgan fingerprint density at radius 3 is 2.56 bits per heavy atom. The van der Waals surface area contributed by atoms with Crippen molar-refractivity contribution in [1.82, 2.24) is 4.90 Å². The first-order chi connectivity index (χ1) is 12.8. The molecule has 1 aromatic rings. The zero-order valence-electron chi connectivity index (χ0n) is 16.1. The Labute approximate surface area is 158 Å². The molecule has 0 N–H and O–H groups in total. The van der Waals surface area contributed by atoms with Crippen molar-refractivity contribution in [2.45, 2.75) is 44.3 Å². The molecule has 0 amide bonds. The van der Waals surface area contributed by atoms with E-state index < -0.39 is 17.3 Å². The van der Waals surface area contributed by atoms with Crippen molar-refractivity contribution in [3.63, 3.8) is 0 Å². The van der Waals surface area contributed by atoms with E-state index in [0.717, 1.165) is 37.0 Å². The number of likely N-dealkylation sites (N-methyl/N-ethyl adjacent to an activating group) is 1. The van der Waals surface area contributed by atoms with Crippen LogP contribution in [0.25, 0.3) is 5.57 Å². The second-order valence-electron chi connectivity index (χ2n) is 8.10. The normalized spacial score (nSPS) is 32.3. The average Bonchev–Trinajstić information content (AvgIpc) is 3.08. The van der Waals surface area contributed by atoms with Gasteiger partial charge >= 0.3 is 6.18 Å². The lowest BCUT2D eigenvalue weighted by Gasteiger charge is -2.44. The Hall–Kier alpha value is -1.75. The predicted octanol–water partition coefficient (Wildman–Crippen LogP) is 5.51. The molecule has 0 saturated heterocycles. The molecule has 5 heteroatoms. The highest BCUT2D eigenvalue weighted by Gasteiger charge is 2.65. The number of benzene rings is 1. The molecule has 1 aromatic carbocycles. The standard InChI is InChI=1S/C22H26F3NO/c1-4-27-19-14-21(26(2)3)17(13-20(19)12-8-7-11-18(20)21)15-9-5-6-10-16(15)22(23,24)25/h5-6,9-10,13-14,18H,4,7-8,11-12H2,1-3H3/t18-,20-,21-/m0/s1. The molecule has 0 unspecified atom stereocenters. The van der Waals surface area contributed by atoms with E-state index in [9.17, 15) is 13.2 Å². The highest BCUT2D eigenvalue weighted by molar-refractivity contribution is 5.84. The summed E-state index contributed by atoms with van der Waals surface area (Å²) in [6.07, 6.45) is 3.99. The molecule has 0 radical (unpaired) electrons. The van der Waals surface area contributed by atoms with Gasteiger partial charge in [0.05, 0.1) is 23.1 Å². The van der Waals surface area contributed by atoms with Crippen molar-refractivity contribution in [3.8, 4) is 0 Å². The van der Waals surface area contributed by atoms with Crippen LogP contribution in [0.1, 0.15) is 43.7 Å². The van der Waals surface area contributed by atoms with E-state index in [-0.39, 0.29) is 11.3 Å². The summed E-state index contributed by atoms with van der Waals surface area (Å²) in [5, 5.41) is 0. The van der Waals surface area contributed by atoms with Gasteiger partial charge in [-0.2, -0.15) is 13.2 Å². The van der Waals surface area contributed by atoms with E-state index in [1.165, 1.54) is 12.1 Å². The highest BCUT2D eigenvalue weighted by atomic mass is 19.4. The van der Waals surface area contributed by atoms with E-state index in [1.807, 2.05) is 21.0 Å². The molecule has 1 fully saturated rings. The van der Waals surface area contributed by atoms with E-state index in [0.29, 0.717) is 12.2 Å². The molecule has 0 aliphatic heterocycles. The summed E-state index contributed by atoms with van der Waals surface area (Å²) in [4.78, 5) is 2.09. The van der Waals surface area contributed by atoms with Crippen LogP contribution >= 0.6 is 0 Å². The molecular formula is C22H26F3NO. The lowest BCUT2D eigenvalue weighted by Crippen LogP contribution is -2.48. The van der Waals surface area contributed by atoms with Gasteiger partial charge in [-0.3, -0.25) is 4.90 Å². The number of hydrogen-bond acceptors (Lipinski definition) is 2. The molecule has 4 rings (SSSR count). The number of ether oxygens (including phenoxy) is 1. The van der Waals surface area contributed by atoms with E-state index in [2.05, 4.69) is 17.1 Å². The molecular weight excluding hydrogens is 351 g/mol. The zero-order chi connectivity index (χ0) is 19.4. The van der Waals surface area contributed by atoms with Crippen LogP contribution in [0.15, 0.2) is 42.2 Å². The van der Waals surface area contributed by atoms with Gasteiger partial charge in [0.1, 0.15) is 5.76 Å². The molecule has 27 heavy (non-hydrogen) atoms. The molecule has 0 spiro atoms. The summed E-state index contributed by atoms with van der Waals surface area (Å²) in [6.45, 7) is 2.54. The van der Waals surface area contributed by atoms with Crippen molar-refractivity contribution in [2.24, 2.45) is 11.3 Å². The van der Waals surface area contributed by atoms with E-state index >= 15 is 0 Å². The summed E-state index contributed by atoms with van der Waals surface area (Å²) < 4.78 is 47.3. The Kier molecular flexibility index (Phi) is 4.22. The van der Waals surface area contributed by atoms with Gasteiger partial charge in [-0.15, -0.1) is 0 Å². The maximum atomic E-state index is 13.8. The van der Waals surface area contributed by atoms with Crippen molar-refractivity contribution in [2.75, 3.05) is 20.7 Å². The quantitative estimate of drug-likeness (QED) is 0.686. The molecule has 3 aliphatic carbocycles. The lowest BCUT2D eigenvalue weighted by molar-refractivity contribution is -0.137. The van der Waals surface area contributed by atoms with Crippen LogP contribution in [0.4, 0.5) is 13.2 Å². The second-order valence-corrected chi connectivity index (χ2v) is 8.10. The summed E-state index contributed by atoms with van der Waals surface area (Å²) in [7, 11) is 3.94. The monoisotopic (exact) mass is 377 g/mol. The van der Waals surface area contributed by atoms with Gasteiger partial charge in [0.2, 0.25) is 0 Å². The molecule has 1 saturated carbocycles. The Morgan fingerprint density at radius 1 is 1.15 bits per heavy atom. The summed E-state index contributed by atoms with van der Waals surface area (Å²) in [5.74, 6) is 1.18. The molecule has 2 nitrogen and oxygen atoms in total. The fourth-order valence-electron chi connectivity index (χ4n) is 5.69. The van der Waals surface area contributed by atoms with Gasteiger partial charge in [0, 0.05) is 5.92 Å². The number of nitrogens with zero attached hydrogens (tertiary/aromatic N) is 1. The van der Waals surface area contributed by atoms with Gasteiger partial charge in [0.15, 0.2) is 0 Å². The number of rotatable bonds is 4. The minimum atomic E-state index is -4.37. The number of alkyl halides is 3. The van der Waals surface area contributed by atoms with Crippen molar-refractivity contribution < 1.29 is 17.9 Å². The molecule has 3 aliphatic rings. The van der Waals surface area contributed by atoms with Crippen molar-refractivity contribution >= 4 is 5.57 Å². The first-order valence-corrected chi connectivity index (χ1v) is 9.71. The smallest absolute Gasteiger partial charge is 0.416 e. The maximum absolute atomic E-state index is 13.8. The zero-order valence-corrected chi connectivity index (χ0v) is 16.1. The van der Waals surface area contributed by atoms with Crippen molar-refractivity contribution in [1.29, 1.82) is 0 Å². The second kappa shape index (κ2) is 6.13. The van der Waals surface area contributed by atoms with Crippen LogP contribution in [0.5, 0.6) is 0 Å². The van der Waals surface area contributed by atoms with Gasteiger partial charge in [-0.1, -0.05) is 37.1 Å². The molecule has 0 aromatic heterocycles. The van der Waals surface area contributed by atoms with E-state index in [1.54, 1.807) is 12.1 Å². The molecule has 3 atom stereocenters. The van der Waals surface area contributed by atoms with Gasteiger partial charge in [-0.25, -0.2) is 0 Å². The predicted molar refractivity (Wildman–Crippen MR) is 99.9 cm³/mol. The highest BCUT2D eigenvalue weighted by Crippen LogP contribution is 2.68. The minimum Gasteiger partial charge on any atom is -0.498 e. The fraction of sp³-hybridized carbons (Fsp3) is 0.545. The summed E-state index contributed by atoms with van der Waals surface area (Å²) >= 11 is 0. The molecule has 2 bridgehead atoms. The van der Waals surface area contributed by atoms with Crippen LogP contribution in [0, 0.1) is 11.3 Å². The summed E-state index contributed by atoms with van der Waals surface area (Å²) in [6, 6.07) is 5.99. The largest absolute Gasteiger partial charge is 0.498 e. The van der Waals surface area contributed by atoms with Gasteiger partial charge < -0.3 is 4.74 Å². The third-order valence-electron chi connectivity index (χ3n) is 6.69. The van der Waals surface area contributed by atoms with Crippen molar-refractivity contribution in [3.05, 3.63) is 53.3 Å². The Bertz CT molecular complexity index is 810. The van der Waals surface area contributed by atoms with E-state index in [4.69, 9.17) is 4.74 Å². The van der Waals surface area contributed by atoms with Crippen LogP contribution in [0.2, 0.25) is 0 Å². The maximum Gasteiger partial charge on any atom is 0.416 e. The fourth-order valence-corrected chi connectivity index (χ4v) is 5.69. The first kappa shape index (κ1) is 18.6. The number of allylic oxidation sites excluding steroid dienone is 1. The SMILES string of the molecule is CCOC1=C[C@]2(N(C)C)C(c3ccccc3C(F)(F)F)=C[C@]13CCCC[C@@H]32. The third-order valence-corrected chi connectivity index (χ3v) is 6.69.